The summed E-state index contributed by atoms with van der Waals surface area (Å²) in [5.74, 6) is 0.346. The van der Waals surface area contributed by atoms with Gasteiger partial charge in [-0.3, -0.25) is 9.48 Å². The molecule has 3 N–H and O–H groups in total. The zero-order chi connectivity index (χ0) is 11.6. The SMILES string of the molecule is Cn1ccc(NC(=O)C2(N)CCOCC2)n1. The monoisotopic (exact) mass is 224 g/mol. The first-order valence-electron chi connectivity index (χ1n) is 5.28. The van der Waals surface area contributed by atoms with Crippen molar-refractivity contribution in [1.82, 2.24) is 9.78 Å². The van der Waals surface area contributed by atoms with Gasteiger partial charge in [0.15, 0.2) is 5.82 Å². The van der Waals surface area contributed by atoms with Gasteiger partial charge >= 0.3 is 0 Å². The normalized spacial score (nSPS) is 19.4. The summed E-state index contributed by atoms with van der Waals surface area (Å²) in [4.78, 5) is 12.0. The molecule has 0 aromatic carbocycles. The smallest absolute Gasteiger partial charge is 0.245 e. The summed E-state index contributed by atoms with van der Waals surface area (Å²) in [5, 5.41) is 6.80. The molecule has 1 amide bonds. The Morgan fingerprint density at radius 2 is 2.31 bits per heavy atom. The molecular formula is C10H16N4O2. The number of aromatic nitrogens is 2. The van der Waals surface area contributed by atoms with Crippen LogP contribution in [0.5, 0.6) is 0 Å². The van der Waals surface area contributed by atoms with Gasteiger partial charge in [0.2, 0.25) is 5.91 Å². The molecule has 6 heteroatoms. The Morgan fingerprint density at radius 1 is 1.62 bits per heavy atom. The Labute approximate surface area is 93.8 Å². The number of nitrogens with zero attached hydrogens (tertiary/aromatic N) is 2. The van der Waals surface area contributed by atoms with Crippen molar-refractivity contribution in [3.8, 4) is 0 Å². The molecule has 0 bridgehead atoms. The lowest BCUT2D eigenvalue weighted by atomic mass is 9.90. The van der Waals surface area contributed by atoms with Crippen LogP contribution in [0, 0.1) is 0 Å². The summed E-state index contributed by atoms with van der Waals surface area (Å²) in [6.07, 6.45) is 2.86. The van der Waals surface area contributed by atoms with Crippen molar-refractivity contribution < 1.29 is 9.53 Å². The molecular weight excluding hydrogens is 208 g/mol. The summed E-state index contributed by atoms with van der Waals surface area (Å²) in [6.45, 7) is 1.07. The number of ether oxygens (including phenoxy) is 1. The summed E-state index contributed by atoms with van der Waals surface area (Å²) in [5.41, 5.74) is 5.21. The molecule has 6 nitrogen and oxygen atoms in total. The standard InChI is InChI=1S/C10H16N4O2/c1-14-5-2-8(13-14)12-9(15)10(11)3-6-16-7-4-10/h2,5H,3-4,6-7,11H2,1H3,(H,12,13,15). The molecule has 2 rings (SSSR count). The summed E-state index contributed by atoms with van der Waals surface area (Å²) >= 11 is 0. The topological polar surface area (TPSA) is 82.2 Å². The third kappa shape index (κ3) is 2.23. The van der Waals surface area contributed by atoms with E-state index >= 15 is 0 Å². The maximum atomic E-state index is 12.0. The molecule has 1 aliphatic heterocycles. The number of hydrogen-bond donors (Lipinski definition) is 2. The van der Waals surface area contributed by atoms with E-state index in [2.05, 4.69) is 10.4 Å². The van der Waals surface area contributed by atoms with Crippen molar-refractivity contribution in [1.29, 1.82) is 0 Å². The van der Waals surface area contributed by atoms with Crippen molar-refractivity contribution >= 4 is 11.7 Å². The van der Waals surface area contributed by atoms with Crippen molar-refractivity contribution in [2.45, 2.75) is 18.4 Å². The molecule has 0 unspecified atom stereocenters. The van der Waals surface area contributed by atoms with Crippen molar-refractivity contribution in [2.75, 3.05) is 18.5 Å². The first-order valence-corrected chi connectivity index (χ1v) is 5.28. The van der Waals surface area contributed by atoms with Crippen LogP contribution < -0.4 is 11.1 Å². The van der Waals surface area contributed by atoms with Crippen LogP contribution in [-0.2, 0) is 16.6 Å². The Kier molecular flexibility index (Phi) is 2.93. The minimum atomic E-state index is -0.824. The number of rotatable bonds is 2. The van der Waals surface area contributed by atoms with Crippen molar-refractivity contribution in [3.05, 3.63) is 12.3 Å². The van der Waals surface area contributed by atoms with Gasteiger partial charge in [0.1, 0.15) is 5.54 Å². The maximum Gasteiger partial charge on any atom is 0.245 e. The van der Waals surface area contributed by atoms with Gasteiger partial charge < -0.3 is 15.8 Å². The molecule has 88 valence electrons. The number of amides is 1. The molecule has 0 aliphatic carbocycles. The van der Waals surface area contributed by atoms with E-state index in [0.717, 1.165) is 0 Å². The molecule has 1 aliphatic rings. The van der Waals surface area contributed by atoms with E-state index in [1.807, 2.05) is 0 Å². The lowest BCUT2D eigenvalue weighted by Crippen LogP contribution is -2.54. The van der Waals surface area contributed by atoms with Gasteiger partial charge in [0.25, 0.3) is 0 Å². The fraction of sp³-hybridized carbons (Fsp3) is 0.600. The van der Waals surface area contributed by atoms with Crippen LogP contribution in [0.1, 0.15) is 12.8 Å². The fourth-order valence-electron chi connectivity index (χ4n) is 1.69. The van der Waals surface area contributed by atoms with Crippen LogP contribution in [0.2, 0.25) is 0 Å². The number of anilines is 1. The minimum absolute atomic E-state index is 0.186. The first kappa shape index (κ1) is 11.1. The lowest BCUT2D eigenvalue weighted by molar-refractivity contribution is -0.124. The Hall–Kier alpha value is -1.40. The molecule has 1 aromatic heterocycles. The van der Waals surface area contributed by atoms with E-state index in [0.29, 0.717) is 31.9 Å². The average molecular weight is 224 g/mol. The van der Waals surface area contributed by atoms with E-state index < -0.39 is 5.54 Å². The molecule has 0 saturated carbocycles. The van der Waals surface area contributed by atoms with E-state index in [4.69, 9.17) is 10.5 Å². The molecule has 0 atom stereocenters. The van der Waals surface area contributed by atoms with E-state index in [1.165, 1.54) is 0 Å². The summed E-state index contributed by atoms with van der Waals surface area (Å²) < 4.78 is 6.82. The highest BCUT2D eigenvalue weighted by atomic mass is 16.5. The Balaban J connectivity index is 2.01. The Morgan fingerprint density at radius 3 is 2.88 bits per heavy atom. The number of carbonyl (C=O) groups is 1. The lowest BCUT2D eigenvalue weighted by Gasteiger charge is -2.31. The number of nitrogens with one attached hydrogen (secondary N) is 1. The second kappa shape index (κ2) is 4.23. The largest absolute Gasteiger partial charge is 0.381 e. The van der Waals surface area contributed by atoms with Gasteiger partial charge in [-0.05, 0) is 12.8 Å². The van der Waals surface area contributed by atoms with Crippen LogP contribution in [0.3, 0.4) is 0 Å². The molecule has 1 aromatic rings. The zero-order valence-electron chi connectivity index (χ0n) is 9.27. The van der Waals surface area contributed by atoms with Gasteiger partial charge in [-0.2, -0.15) is 5.10 Å². The summed E-state index contributed by atoms with van der Waals surface area (Å²) in [6, 6.07) is 1.74. The molecule has 16 heavy (non-hydrogen) atoms. The van der Waals surface area contributed by atoms with Crippen molar-refractivity contribution in [2.24, 2.45) is 12.8 Å². The maximum absolute atomic E-state index is 12.0. The highest BCUT2D eigenvalue weighted by Crippen LogP contribution is 2.19. The highest BCUT2D eigenvalue weighted by Gasteiger charge is 2.36. The van der Waals surface area contributed by atoms with Crippen LogP contribution in [0.15, 0.2) is 12.3 Å². The number of aryl methyl sites for hydroxylation is 1. The van der Waals surface area contributed by atoms with E-state index in [9.17, 15) is 4.79 Å². The van der Waals surface area contributed by atoms with Crippen LogP contribution in [-0.4, -0.2) is 34.4 Å². The first-order chi connectivity index (χ1) is 7.60. The van der Waals surface area contributed by atoms with Gasteiger partial charge in [0.05, 0.1) is 0 Å². The molecule has 0 radical (unpaired) electrons. The summed E-state index contributed by atoms with van der Waals surface area (Å²) in [7, 11) is 1.79. The number of hydrogen-bond acceptors (Lipinski definition) is 4. The second-order valence-corrected chi connectivity index (χ2v) is 4.10. The fourth-order valence-corrected chi connectivity index (χ4v) is 1.69. The third-order valence-electron chi connectivity index (χ3n) is 2.79. The van der Waals surface area contributed by atoms with Crippen LogP contribution in [0.4, 0.5) is 5.82 Å². The van der Waals surface area contributed by atoms with Gasteiger partial charge in [-0.25, -0.2) is 0 Å². The predicted octanol–water partition coefficient (Wildman–Crippen LogP) is -0.134. The van der Waals surface area contributed by atoms with Crippen molar-refractivity contribution in [3.63, 3.8) is 0 Å². The second-order valence-electron chi connectivity index (χ2n) is 4.10. The number of nitrogens with two attached hydrogens (primary N) is 1. The minimum Gasteiger partial charge on any atom is -0.381 e. The zero-order valence-corrected chi connectivity index (χ0v) is 9.27. The van der Waals surface area contributed by atoms with E-state index in [-0.39, 0.29) is 5.91 Å². The molecule has 1 fully saturated rings. The highest BCUT2D eigenvalue weighted by molar-refractivity contribution is 5.97. The average Bonchev–Trinajstić information content (AvgIpc) is 2.65. The molecule has 0 spiro atoms. The molecule has 2 heterocycles. The quantitative estimate of drug-likeness (QED) is 0.733. The number of carbonyl (C=O) groups excluding carboxylic acids is 1. The predicted molar refractivity (Wildman–Crippen MR) is 58.8 cm³/mol. The molecule has 1 saturated heterocycles. The van der Waals surface area contributed by atoms with Crippen LogP contribution >= 0.6 is 0 Å². The van der Waals surface area contributed by atoms with Gasteiger partial charge in [-0.15, -0.1) is 0 Å². The van der Waals surface area contributed by atoms with Gasteiger partial charge in [0, 0.05) is 32.5 Å². The third-order valence-corrected chi connectivity index (χ3v) is 2.79. The van der Waals surface area contributed by atoms with Gasteiger partial charge in [-0.1, -0.05) is 0 Å². The van der Waals surface area contributed by atoms with Crippen LogP contribution in [0.25, 0.3) is 0 Å². The van der Waals surface area contributed by atoms with E-state index in [1.54, 1.807) is 24.0 Å². The Bertz CT molecular complexity index is 382.